The monoisotopic (exact) mass is 426 g/mol. The largest absolute Gasteiger partial charge is 0.341 e. The van der Waals surface area contributed by atoms with Gasteiger partial charge in [0.1, 0.15) is 5.54 Å². The fraction of sp³-hybridized carbons (Fsp3) is 0.625. The molecule has 3 fully saturated rings. The van der Waals surface area contributed by atoms with Crippen LogP contribution in [0.15, 0.2) is 30.3 Å². The van der Waals surface area contributed by atoms with E-state index in [0.29, 0.717) is 38.8 Å². The van der Waals surface area contributed by atoms with Crippen molar-refractivity contribution in [2.45, 2.75) is 63.5 Å². The molecule has 3 aliphatic heterocycles. The van der Waals surface area contributed by atoms with Crippen molar-refractivity contribution in [3.8, 4) is 0 Å². The van der Waals surface area contributed by atoms with E-state index in [-0.39, 0.29) is 23.9 Å². The van der Waals surface area contributed by atoms with Gasteiger partial charge in [-0.2, -0.15) is 0 Å². The maximum absolute atomic E-state index is 13.4. The van der Waals surface area contributed by atoms with Crippen LogP contribution in [0.3, 0.4) is 0 Å². The molecule has 4 rings (SSSR count). The number of nitrogens with zero attached hydrogens (tertiary/aromatic N) is 3. The van der Waals surface area contributed by atoms with E-state index in [9.17, 15) is 14.4 Å². The average molecular weight is 427 g/mol. The van der Waals surface area contributed by atoms with Crippen molar-refractivity contribution in [1.29, 1.82) is 0 Å². The van der Waals surface area contributed by atoms with Crippen LogP contribution in [0.4, 0.5) is 4.79 Å². The maximum atomic E-state index is 13.4. The molecule has 0 radical (unpaired) electrons. The summed E-state index contributed by atoms with van der Waals surface area (Å²) in [6, 6.07) is 9.50. The molecule has 1 aromatic rings. The number of benzene rings is 1. The molecule has 3 saturated heterocycles. The van der Waals surface area contributed by atoms with Crippen LogP contribution >= 0.6 is 0 Å². The third kappa shape index (κ3) is 4.61. The molecular formula is C24H34N4O3. The summed E-state index contributed by atoms with van der Waals surface area (Å²) in [5.41, 5.74) is 0.399. The van der Waals surface area contributed by atoms with Gasteiger partial charge < -0.3 is 15.1 Å². The minimum atomic E-state index is -0.749. The molecule has 31 heavy (non-hydrogen) atoms. The highest BCUT2D eigenvalue weighted by Crippen LogP contribution is 2.32. The summed E-state index contributed by atoms with van der Waals surface area (Å²) in [5, 5.41) is 3.03. The van der Waals surface area contributed by atoms with Gasteiger partial charge in [-0.3, -0.25) is 14.5 Å². The van der Waals surface area contributed by atoms with Crippen LogP contribution in [0.25, 0.3) is 0 Å². The standard InChI is InChI=1S/C24H34N4O3/c1-2-14-26-16-12-24(13-17-26)22(30)28(23(31)25-24)20-9-6-15-27(18-20)21(29)11-10-19-7-4-3-5-8-19/h3-5,7-8,20H,2,6,9-18H2,1H3,(H,25,31). The number of aryl methyl sites for hydroxylation is 1. The van der Waals surface area contributed by atoms with Crippen molar-refractivity contribution >= 4 is 17.8 Å². The van der Waals surface area contributed by atoms with Crippen LogP contribution in [-0.2, 0) is 16.0 Å². The molecule has 168 valence electrons. The van der Waals surface area contributed by atoms with Crippen LogP contribution in [0.5, 0.6) is 0 Å². The number of rotatable bonds is 6. The van der Waals surface area contributed by atoms with Gasteiger partial charge in [0.05, 0.1) is 6.04 Å². The lowest BCUT2D eigenvalue weighted by atomic mass is 9.87. The zero-order chi connectivity index (χ0) is 21.8. The lowest BCUT2D eigenvalue weighted by Gasteiger charge is -2.39. The lowest BCUT2D eigenvalue weighted by molar-refractivity contribution is -0.139. The first kappa shape index (κ1) is 21.8. The zero-order valence-corrected chi connectivity index (χ0v) is 18.5. The van der Waals surface area contributed by atoms with Crippen LogP contribution in [0, 0.1) is 0 Å². The fourth-order valence-corrected chi connectivity index (χ4v) is 5.23. The van der Waals surface area contributed by atoms with E-state index < -0.39 is 5.54 Å². The Hall–Kier alpha value is -2.41. The molecule has 3 heterocycles. The summed E-state index contributed by atoms with van der Waals surface area (Å²) >= 11 is 0. The van der Waals surface area contributed by atoms with Gasteiger partial charge in [-0.15, -0.1) is 0 Å². The molecule has 0 bridgehead atoms. The number of nitrogens with one attached hydrogen (secondary N) is 1. The summed E-state index contributed by atoms with van der Waals surface area (Å²) < 4.78 is 0. The van der Waals surface area contributed by atoms with Gasteiger partial charge in [0.25, 0.3) is 5.91 Å². The number of piperidine rings is 2. The third-order valence-corrected chi connectivity index (χ3v) is 7.03. The first-order valence-electron chi connectivity index (χ1n) is 11.7. The van der Waals surface area contributed by atoms with Crippen LogP contribution in [0.1, 0.15) is 51.0 Å². The molecule has 4 amide bonds. The minimum Gasteiger partial charge on any atom is -0.341 e. The van der Waals surface area contributed by atoms with Gasteiger partial charge in [-0.1, -0.05) is 37.3 Å². The molecule has 7 nitrogen and oxygen atoms in total. The van der Waals surface area contributed by atoms with Crippen molar-refractivity contribution < 1.29 is 14.4 Å². The van der Waals surface area contributed by atoms with Gasteiger partial charge in [0, 0.05) is 32.6 Å². The Morgan fingerprint density at radius 3 is 2.58 bits per heavy atom. The Balaban J connectivity index is 1.36. The second-order valence-electron chi connectivity index (χ2n) is 9.15. The predicted molar refractivity (Wildman–Crippen MR) is 118 cm³/mol. The smallest absolute Gasteiger partial charge is 0.325 e. The van der Waals surface area contributed by atoms with E-state index in [1.807, 2.05) is 35.2 Å². The molecular weight excluding hydrogens is 392 g/mol. The highest BCUT2D eigenvalue weighted by atomic mass is 16.2. The molecule has 1 unspecified atom stereocenters. The van der Waals surface area contributed by atoms with E-state index in [2.05, 4.69) is 17.1 Å². The van der Waals surface area contributed by atoms with Crippen molar-refractivity contribution in [3.05, 3.63) is 35.9 Å². The molecule has 0 aliphatic carbocycles. The average Bonchev–Trinajstić information content (AvgIpc) is 3.03. The molecule has 3 aliphatic rings. The molecule has 1 spiro atoms. The number of carbonyl (C=O) groups excluding carboxylic acids is 3. The molecule has 1 atom stereocenters. The number of imide groups is 1. The topological polar surface area (TPSA) is 73.0 Å². The van der Waals surface area contributed by atoms with Crippen molar-refractivity contribution in [2.24, 2.45) is 0 Å². The number of amides is 4. The van der Waals surface area contributed by atoms with Gasteiger partial charge in [-0.05, 0) is 50.6 Å². The van der Waals surface area contributed by atoms with Gasteiger partial charge in [0.15, 0.2) is 0 Å². The second-order valence-corrected chi connectivity index (χ2v) is 9.15. The lowest BCUT2D eigenvalue weighted by Crippen LogP contribution is -2.56. The quantitative estimate of drug-likeness (QED) is 0.709. The van der Waals surface area contributed by atoms with E-state index in [4.69, 9.17) is 0 Å². The summed E-state index contributed by atoms with van der Waals surface area (Å²) in [6.45, 7) is 6.01. The Labute approximate surface area is 184 Å². The summed E-state index contributed by atoms with van der Waals surface area (Å²) in [4.78, 5) is 44.6. The predicted octanol–water partition coefficient (Wildman–Crippen LogP) is 2.41. The van der Waals surface area contributed by atoms with E-state index in [1.165, 1.54) is 4.90 Å². The first-order valence-corrected chi connectivity index (χ1v) is 11.7. The molecule has 0 aromatic heterocycles. The fourth-order valence-electron chi connectivity index (χ4n) is 5.23. The highest BCUT2D eigenvalue weighted by Gasteiger charge is 2.54. The van der Waals surface area contributed by atoms with E-state index >= 15 is 0 Å². The van der Waals surface area contributed by atoms with Crippen LogP contribution in [0.2, 0.25) is 0 Å². The SMILES string of the molecule is CCCN1CCC2(CC1)NC(=O)N(C1CCCN(C(=O)CCc3ccccc3)C1)C2=O. The Morgan fingerprint density at radius 1 is 1.13 bits per heavy atom. The Morgan fingerprint density at radius 2 is 1.87 bits per heavy atom. The Bertz CT molecular complexity index is 804. The number of hydrogen-bond acceptors (Lipinski definition) is 4. The minimum absolute atomic E-state index is 0.0859. The number of urea groups is 1. The highest BCUT2D eigenvalue weighted by molar-refractivity contribution is 6.07. The number of hydrogen-bond donors (Lipinski definition) is 1. The molecule has 0 saturated carbocycles. The number of likely N-dealkylation sites (tertiary alicyclic amines) is 2. The van der Waals surface area contributed by atoms with Crippen LogP contribution in [-0.4, -0.2) is 76.8 Å². The van der Waals surface area contributed by atoms with Gasteiger partial charge in [0.2, 0.25) is 5.91 Å². The second kappa shape index (κ2) is 9.39. The zero-order valence-electron chi connectivity index (χ0n) is 18.5. The first-order chi connectivity index (χ1) is 15.0. The molecule has 1 N–H and O–H groups in total. The van der Waals surface area contributed by atoms with Gasteiger partial charge in [-0.25, -0.2) is 4.79 Å². The third-order valence-electron chi connectivity index (χ3n) is 7.03. The van der Waals surface area contributed by atoms with E-state index in [1.54, 1.807) is 0 Å². The normalized spacial score (nSPS) is 24.0. The molecule has 1 aromatic carbocycles. The summed E-state index contributed by atoms with van der Waals surface area (Å²) in [7, 11) is 0. The summed E-state index contributed by atoms with van der Waals surface area (Å²) in [6.07, 6.45) is 5.17. The maximum Gasteiger partial charge on any atom is 0.325 e. The van der Waals surface area contributed by atoms with Crippen LogP contribution < -0.4 is 5.32 Å². The van der Waals surface area contributed by atoms with E-state index in [0.717, 1.165) is 44.5 Å². The molecule has 7 heteroatoms. The number of carbonyl (C=O) groups is 3. The summed E-state index contributed by atoms with van der Waals surface area (Å²) in [5.74, 6) is 0.0143. The van der Waals surface area contributed by atoms with Crippen molar-refractivity contribution in [2.75, 3.05) is 32.7 Å². The van der Waals surface area contributed by atoms with Gasteiger partial charge >= 0.3 is 6.03 Å². The Kier molecular flexibility index (Phi) is 6.60. The van der Waals surface area contributed by atoms with Crippen molar-refractivity contribution in [3.63, 3.8) is 0 Å². The van der Waals surface area contributed by atoms with Crippen molar-refractivity contribution in [1.82, 2.24) is 20.0 Å².